The van der Waals surface area contributed by atoms with Gasteiger partial charge in [0.05, 0.1) is 5.75 Å². The fourth-order valence-electron chi connectivity index (χ4n) is 2.38. The second-order valence-electron chi connectivity index (χ2n) is 5.18. The highest BCUT2D eigenvalue weighted by atomic mass is 35.5. The molecule has 0 aliphatic heterocycles. The third kappa shape index (κ3) is 4.48. The maximum absolute atomic E-state index is 13.6. The zero-order valence-electron chi connectivity index (χ0n) is 13.5. The number of nitrogens with one attached hydrogen (secondary N) is 1. The van der Waals surface area contributed by atoms with Gasteiger partial charge >= 0.3 is 0 Å². The first kappa shape index (κ1) is 18.7. The van der Waals surface area contributed by atoms with Crippen molar-refractivity contribution >= 4 is 35.0 Å². The Morgan fingerprint density at radius 3 is 2.54 bits per heavy atom. The molecule has 1 N–H and O–H groups in total. The van der Waals surface area contributed by atoms with Gasteiger partial charge in [-0.3, -0.25) is 4.79 Å². The van der Waals surface area contributed by atoms with E-state index in [1.54, 1.807) is 0 Å². The molecular formula is C18H18ClF2NOS. The number of thioether (sulfide) groups is 1. The Hall–Kier alpha value is -1.59. The molecule has 0 saturated carbocycles. The van der Waals surface area contributed by atoms with Gasteiger partial charge in [0.2, 0.25) is 5.91 Å². The fourth-order valence-corrected chi connectivity index (χ4v) is 3.39. The van der Waals surface area contributed by atoms with Crippen molar-refractivity contribution in [3.63, 3.8) is 0 Å². The number of benzene rings is 2. The molecule has 128 valence electrons. The molecule has 0 saturated heterocycles. The van der Waals surface area contributed by atoms with E-state index in [4.69, 9.17) is 11.6 Å². The summed E-state index contributed by atoms with van der Waals surface area (Å²) in [6.45, 7) is 3.97. The van der Waals surface area contributed by atoms with E-state index in [9.17, 15) is 13.6 Å². The molecule has 0 spiro atoms. The molecule has 0 fully saturated rings. The summed E-state index contributed by atoms with van der Waals surface area (Å²) < 4.78 is 26.5. The number of hydrogen-bond acceptors (Lipinski definition) is 2. The predicted molar refractivity (Wildman–Crippen MR) is 95.9 cm³/mol. The third-order valence-corrected chi connectivity index (χ3v) is 5.00. The molecule has 24 heavy (non-hydrogen) atoms. The second kappa shape index (κ2) is 8.49. The molecule has 2 rings (SSSR count). The molecule has 2 aromatic carbocycles. The highest BCUT2D eigenvalue weighted by molar-refractivity contribution is 8.00. The molecule has 0 aromatic heterocycles. The molecule has 0 heterocycles. The minimum atomic E-state index is -0.668. The zero-order valence-corrected chi connectivity index (χ0v) is 15.0. The molecule has 0 unspecified atom stereocenters. The molecule has 6 heteroatoms. The summed E-state index contributed by atoms with van der Waals surface area (Å²) in [5.41, 5.74) is 2.63. The zero-order chi connectivity index (χ0) is 17.7. The van der Waals surface area contributed by atoms with Crippen molar-refractivity contribution in [2.24, 2.45) is 0 Å². The van der Waals surface area contributed by atoms with E-state index in [1.807, 2.05) is 26.0 Å². The van der Waals surface area contributed by atoms with Crippen molar-refractivity contribution < 1.29 is 13.6 Å². The van der Waals surface area contributed by atoms with Gasteiger partial charge in [-0.05, 0) is 42.2 Å². The fraction of sp³-hybridized carbons (Fsp3) is 0.278. The van der Waals surface area contributed by atoms with Crippen molar-refractivity contribution in [3.8, 4) is 0 Å². The quantitative estimate of drug-likeness (QED) is 0.683. The molecule has 0 bridgehead atoms. The lowest BCUT2D eigenvalue weighted by atomic mass is 10.0. The standard InChI is InChI=1S/C18H18ClF2NOS/c1-3-11-5-7-14(19)13(4-2)18(11)22-17(23)10-24-16-8-6-12(20)9-15(16)21/h5-9H,3-4,10H2,1-2H3,(H,22,23). The third-order valence-electron chi connectivity index (χ3n) is 3.59. The van der Waals surface area contributed by atoms with Crippen LogP contribution < -0.4 is 5.32 Å². The van der Waals surface area contributed by atoms with Gasteiger partial charge in [-0.2, -0.15) is 0 Å². The Kier molecular flexibility index (Phi) is 6.63. The Labute approximate surface area is 149 Å². The average Bonchev–Trinajstić information content (AvgIpc) is 2.54. The minimum Gasteiger partial charge on any atom is -0.325 e. The average molecular weight is 370 g/mol. The Morgan fingerprint density at radius 1 is 1.17 bits per heavy atom. The summed E-state index contributed by atoms with van der Waals surface area (Å²) in [6, 6.07) is 7.03. The van der Waals surface area contributed by atoms with Crippen LogP contribution in [0.1, 0.15) is 25.0 Å². The number of rotatable bonds is 6. The smallest absolute Gasteiger partial charge is 0.234 e. The lowest BCUT2D eigenvalue weighted by Crippen LogP contribution is -2.17. The number of carbonyl (C=O) groups excluding carboxylic acids is 1. The molecule has 2 nitrogen and oxygen atoms in total. The summed E-state index contributed by atoms with van der Waals surface area (Å²) >= 11 is 7.24. The van der Waals surface area contributed by atoms with E-state index < -0.39 is 11.6 Å². The summed E-state index contributed by atoms with van der Waals surface area (Å²) in [5.74, 6) is -1.53. The Balaban J connectivity index is 2.11. The van der Waals surface area contributed by atoms with Crippen molar-refractivity contribution in [2.75, 3.05) is 11.1 Å². The molecule has 0 atom stereocenters. The molecule has 0 aliphatic rings. The largest absolute Gasteiger partial charge is 0.325 e. The highest BCUT2D eigenvalue weighted by Gasteiger charge is 2.14. The van der Waals surface area contributed by atoms with E-state index in [0.29, 0.717) is 11.4 Å². The van der Waals surface area contributed by atoms with E-state index in [1.165, 1.54) is 12.1 Å². The summed E-state index contributed by atoms with van der Waals surface area (Å²) in [4.78, 5) is 12.5. The second-order valence-corrected chi connectivity index (χ2v) is 6.60. The van der Waals surface area contributed by atoms with E-state index in [-0.39, 0.29) is 16.6 Å². The Bertz CT molecular complexity index is 752. The predicted octanol–water partition coefficient (Wildman–Crippen LogP) is 5.47. The van der Waals surface area contributed by atoms with Crippen LogP contribution in [0.25, 0.3) is 0 Å². The van der Waals surface area contributed by atoms with Crippen LogP contribution in [0, 0.1) is 11.6 Å². The summed E-state index contributed by atoms with van der Waals surface area (Å²) in [6.07, 6.45) is 1.46. The van der Waals surface area contributed by atoms with Crippen molar-refractivity contribution in [1.29, 1.82) is 0 Å². The minimum absolute atomic E-state index is 0.0291. The van der Waals surface area contributed by atoms with Gasteiger partial charge < -0.3 is 5.32 Å². The maximum Gasteiger partial charge on any atom is 0.234 e. The van der Waals surface area contributed by atoms with Gasteiger partial charge in [0.25, 0.3) is 0 Å². The number of halogens is 3. The SMILES string of the molecule is CCc1ccc(Cl)c(CC)c1NC(=O)CSc1ccc(F)cc1F. The van der Waals surface area contributed by atoms with E-state index in [2.05, 4.69) is 5.32 Å². The Morgan fingerprint density at radius 2 is 1.92 bits per heavy atom. The first-order valence-corrected chi connectivity index (χ1v) is 9.00. The first-order chi connectivity index (χ1) is 11.5. The van der Waals surface area contributed by atoms with Crippen LogP contribution >= 0.6 is 23.4 Å². The number of carbonyl (C=O) groups is 1. The van der Waals surface area contributed by atoms with Crippen LogP contribution in [0.5, 0.6) is 0 Å². The van der Waals surface area contributed by atoms with Crippen LogP contribution in [-0.2, 0) is 17.6 Å². The lowest BCUT2D eigenvalue weighted by molar-refractivity contribution is -0.113. The van der Waals surface area contributed by atoms with Gasteiger partial charge in [0, 0.05) is 21.7 Å². The van der Waals surface area contributed by atoms with E-state index >= 15 is 0 Å². The number of hydrogen-bond donors (Lipinski definition) is 1. The van der Waals surface area contributed by atoms with E-state index in [0.717, 1.165) is 41.1 Å². The molecule has 0 radical (unpaired) electrons. The summed E-state index contributed by atoms with van der Waals surface area (Å²) in [7, 11) is 0. The van der Waals surface area contributed by atoms with Gasteiger partial charge in [-0.25, -0.2) is 8.78 Å². The van der Waals surface area contributed by atoms with Gasteiger partial charge in [0.1, 0.15) is 11.6 Å². The van der Waals surface area contributed by atoms with Crippen LogP contribution in [0.15, 0.2) is 35.2 Å². The first-order valence-electron chi connectivity index (χ1n) is 7.64. The molecule has 0 aliphatic carbocycles. The van der Waals surface area contributed by atoms with Crippen LogP contribution in [0.4, 0.5) is 14.5 Å². The number of amides is 1. The van der Waals surface area contributed by atoms with Crippen molar-refractivity contribution in [2.45, 2.75) is 31.6 Å². The van der Waals surface area contributed by atoms with Crippen molar-refractivity contribution in [1.82, 2.24) is 0 Å². The van der Waals surface area contributed by atoms with Gasteiger partial charge in [0.15, 0.2) is 0 Å². The maximum atomic E-state index is 13.6. The molecule has 2 aromatic rings. The number of aryl methyl sites for hydroxylation is 1. The molecular weight excluding hydrogens is 352 g/mol. The van der Waals surface area contributed by atoms with Crippen molar-refractivity contribution in [3.05, 3.63) is 58.1 Å². The summed E-state index contributed by atoms with van der Waals surface area (Å²) in [5, 5.41) is 3.50. The number of anilines is 1. The normalized spacial score (nSPS) is 10.7. The van der Waals surface area contributed by atoms with Crippen LogP contribution in [0.2, 0.25) is 5.02 Å². The topological polar surface area (TPSA) is 29.1 Å². The van der Waals surface area contributed by atoms with Crippen LogP contribution in [-0.4, -0.2) is 11.7 Å². The lowest BCUT2D eigenvalue weighted by Gasteiger charge is -2.16. The highest BCUT2D eigenvalue weighted by Crippen LogP contribution is 2.30. The van der Waals surface area contributed by atoms with Crippen LogP contribution in [0.3, 0.4) is 0 Å². The van der Waals surface area contributed by atoms with Gasteiger partial charge in [-0.1, -0.05) is 31.5 Å². The monoisotopic (exact) mass is 369 g/mol. The van der Waals surface area contributed by atoms with Gasteiger partial charge in [-0.15, -0.1) is 11.8 Å². The molecule has 1 amide bonds.